The smallest absolute Gasteiger partial charge is 0.312 e. The molecular weight excluding hydrogens is 407 g/mol. The average Bonchev–Trinajstić information content (AvgIpc) is 3.35. The van der Waals surface area contributed by atoms with Gasteiger partial charge >= 0.3 is 5.97 Å². The number of esters is 1. The van der Waals surface area contributed by atoms with E-state index in [1.165, 1.54) is 7.11 Å². The van der Waals surface area contributed by atoms with E-state index in [1.54, 1.807) is 30.4 Å². The highest BCUT2D eigenvalue weighted by Gasteiger charge is 2.59. The molecule has 1 saturated heterocycles. The van der Waals surface area contributed by atoms with Gasteiger partial charge in [0.05, 0.1) is 19.6 Å². The summed E-state index contributed by atoms with van der Waals surface area (Å²) >= 11 is 12.2. The van der Waals surface area contributed by atoms with Gasteiger partial charge in [0.25, 0.3) is 5.91 Å². The van der Waals surface area contributed by atoms with E-state index in [1.807, 2.05) is 0 Å². The third kappa shape index (κ3) is 3.27. The number of nitrogens with one attached hydrogen (secondary N) is 1. The molecule has 0 aromatic heterocycles. The summed E-state index contributed by atoms with van der Waals surface area (Å²) in [4.78, 5) is 30.4. The van der Waals surface area contributed by atoms with Crippen LogP contribution in [0.2, 0.25) is 10.0 Å². The van der Waals surface area contributed by atoms with Gasteiger partial charge in [-0.3, -0.25) is 9.59 Å². The summed E-state index contributed by atoms with van der Waals surface area (Å²) in [7, 11) is 1.34. The van der Waals surface area contributed by atoms with Crippen molar-refractivity contribution in [3.05, 3.63) is 46.0 Å². The monoisotopic (exact) mass is 424 g/mol. The molecule has 1 N–H and O–H groups in total. The van der Waals surface area contributed by atoms with Crippen molar-refractivity contribution in [3.8, 4) is 0 Å². The Bertz CT molecular complexity index is 867. The molecule has 2 heterocycles. The molecule has 0 bridgehead atoms. The Balaban J connectivity index is 1.50. The number of hydrogen-bond acceptors (Lipinski definition) is 6. The number of fused-ring (bicyclic) bond motifs is 1. The van der Waals surface area contributed by atoms with Crippen molar-refractivity contribution >= 4 is 40.8 Å². The summed E-state index contributed by atoms with van der Waals surface area (Å²) in [5.41, 5.74) is -0.126. The largest absolute Gasteiger partial charge is 0.469 e. The van der Waals surface area contributed by atoms with Gasteiger partial charge in [0.15, 0.2) is 6.10 Å². The third-order valence-electron chi connectivity index (χ3n) is 5.18. The van der Waals surface area contributed by atoms with Gasteiger partial charge in [-0.1, -0.05) is 40.5 Å². The minimum absolute atomic E-state index is 0.291. The quantitative estimate of drug-likeness (QED) is 0.592. The van der Waals surface area contributed by atoms with E-state index in [2.05, 4.69) is 10.5 Å². The minimum atomic E-state index is -1.25. The van der Waals surface area contributed by atoms with E-state index in [4.69, 9.17) is 37.5 Å². The first-order valence-corrected chi connectivity index (χ1v) is 9.60. The fourth-order valence-corrected chi connectivity index (χ4v) is 4.29. The van der Waals surface area contributed by atoms with Gasteiger partial charge in [-0.05, 0) is 24.6 Å². The Morgan fingerprint density at radius 3 is 2.71 bits per heavy atom. The zero-order valence-electron chi connectivity index (χ0n) is 15.0. The molecule has 3 aliphatic rings. The molecular formula is C19H18Cl2N2O5. The van der Waals surface area contributed by atoms with Gasteiger partial charge in [-0.15, -0.1) is 0 Å². The lowest BCUT2D eigenvalue weighted by Crippen LogP contribution is -2.54. The highest BCUT2D eigenvalue weighted by Crippen LogP contribution is 2.39. The number of carbonyl (C=O) groups is 2. The molecule has 1 aromatic rings. The van der Waals surface area contributed by atoms with Crippen molar-refractivity contribution < 1.29 is 23.9 Å². The fraction of sp³-hybridized carbons (Fsp3) is 0.421. The molecule has 148 valence electrons. The molecule has 1 aliphatic carbocycles. The number of oxime groups is 1. The molecule has 1 amide bonds. The molecule has 28 heavy (non-hydrogen) atoms. The number of methoxy groups -OCH3 is 1. The van der Waals surface area contributed by atoms with Crippen LogP contribution in [0.4, 0.5) is 0 Å². The third-order valence-corrected chi connectivity index (χ3v) is 5.62. The van der Waals surface area contributed by atoms with Crippen LogP contribution in [0.15, 0.2) is 35.5 Å². The second-order valence-corrected chi connectivity index (χ2v) is 7.82. The van der Waals surface area contributed by atoms with Crippen molar-refractivity contribution in [2.75, 3.05) is 13.7 Å². The molecule has 4 rings (SSSR count). The van der Waals surface area contributed by atoms with Crippen molar-refractivity contribution in [1.82, 2.24) is 5.32 Å². The Kier molecular flexibility index (Phi) is 5.07. The number of rotatable bonds is 4. The van der Waals surface area contributed by atoms with Gasteiger partial charge in [-0.2, -0.15) is 0 Å². The lowest BCUT2D eigenvalue weighted by molar-refractivity contribution is -0.148. The number of halogens is 2. The lowest BCUT2D eigenvalue weighted by atomic mass is 9.89. The second-order valence-electron chi connectivity index (χ2n) is 6.95. The summed E-state index contributed by atoms with van der Waals surface area (Å²) in [6.45, 7) is 0.358. The summed E-state index contributed by atoms with van der Waals surface area (Å²) in [5.74, 6) is -1.02. The molecule has 0 spiro atoms. The predicted molar refractivity (Wildman–Crippen MR) is 102 cm³/mol. The van der Waals surface area contributed by atoms with Crippen LogP contribution in [0.25, 0.3) is 0 Å². The van der Waals surface area contributed by atoms with Crippen LogP contribution in [0.3, 0.4) is 0 Å². The number of ether oxygens (including phenoxy) is 2. The summed E-state index contributed by atoms with van der Waals surface area (Å²) in [6.07, 6.45) is 3.67. The number of hydrogen-bond donors (Lipinski definition) is 1. The fourth-order valence-electron chi connectivity index (χ4n) is 3.77. The number of amides is 1. The molecule has 4 atom stereocenters. The Labute approximate surface area is 171 Å². The predicted octanol–water partition coefficient (Wildman–Crippen LogP) is 2.49. The van der Waals surface area contributed by atoms with Gasteiger partial charge < -0.3 is 19.6 Å². The maximum atomic E-state index is 13.1. The molecule has 1 fully saturated rings. The molecule has 0 saturated carbocycles. The molecule has 0 radical (unpaired) electrons. The Morgan fingerprint density at radius 2 is 2.00 bits per heavy atom. The Hall–Kier alpha value is -2.09. The van der Waals surface area contributed by atoms with E-state index >= 15 is 0 Å². The number of carbonyl (C=O) groups excluding carboxylic acids is 2. The van der Waals surface area contributed by atoms with E-state index < -0.39 is 11.7 Å². The second kappa shape index (κ2) is 7.39. The van der Waals surface area contributed by atoms with E-state index in [0.717, 1.165) is 0 Å². The molecule has 7 nitrogen and oxygen atoms in total. The first kappa shape index (κ1) is 19.2. The SMILES string of the molecule is COC(=O)[C@@H]1C=C[C@H](NC(=O)C23CCOC2C(c2cc(Cl)cc(Cl)c2)=NO3)C1. The van der Waals surface area contributed by atoms with Crippen molar-refractivity contribution in [1.29, 1.82) is 0 Å². The van der Waals surface area contributed by atoms with E-state index in [9.17, 15) is 9.59 Å². The van der Waals surface area contributed by atoms with Crippen molar-refractivity contribution in [2.24, 2.45) is 11.1 Å². The first-order valence-electron chi connectivity index (χ1n) is 8.84. The summed E-state index contributed by atoms with van der Waals surface area (Å²) in [5, 5.41) is 7.95. The van der Waals surface area contributed by atoms with Gasteiger partial charge in [0.1, 0.15) is 5.71 Å². The highest BCUT2D eigenvalue weighted by atomic mass is 35.5. The van der Waals surface area contributed by atoms with Crippen LogP contribution < -0.4 is 5.32 Å². The Morgan fingerprint density at radius 1 is 1.25 bits per heavy atom. The first-order chi connectivity index (χ1) is 13.4. The van der Waals surface area contributed by atoms with Crippen LogP contribution in [-0.4, -0.2) is 49.1 Å². The maximum Gasteiger partial charge on any atom is 0.312 e. The molecule has 1 aromatic carbocycles. The minimum Gasteiger partial charge on any atom is -0.469 e. The zero-order valence-corrected chi connectivity index (χ0v) is 16.5. The van der Waals surface area contributed by atoms with Crippen LogP contribution in [0, 0.1) is 5.92 Å². The topological polar surface area (TPSA) is 86.2 Å². The van der Waals surface area contributed by atoms with Crippen molar-refractivity contribution in [3.63, 3.8) is 0 Å². The van der Waals surface area contributed by atoms with Gasteiger partial charge in [-0.25, -0.2) is 0 Å². The van der Waals surface area contributed by atoms with Crippen LogP contribution in [-0.2, 0) is 23.9 Å². The maximum absolute atomic E-state index is 13.1. The van der Waals surface area contributed by atoms with Crippen LogP contribution >= 0.6 is 23.2 Å². The average molecular weight is 425 g/mol. The number of benzene rings is 1. The summed E-state index contributed by atoms with van der Waals surface area (Å²) < 4.78 is 10.5. The molecule has 9 heteroatoms. The highest BCUT2D eigenvalue weighted by molar-refractivity contribution is 6.35. The van der Waals surface area contributed by atoms with E-state index in [-0.39, 0.29) is 23.8 Å². The molecule has 2 aliphatic heterocycles. The van der Waals surface area contributed by atoms with Gasteiger partial charge in [0, 0.05) is 28.1 Å². The van der Waals surface area contributed by atoms with Crippen LogP contribution in [0.1, 0.15) is 18.4 Å². The normalized spacial score (nSPS) is 30.5. The zero-order chi connectivity index (χ0) is 19.9. The van der Waals surface area contributed by atoms with E-state index in [0.29, 0.717) is 40.8 Å². The van der Waals surface area contributed by atoms with Crippen LogP contribution in [0.5, 0.6) is 0 Å². The lowest BCUT2D eigenvalue weighted by Gasteiger charge is -2.26. The summed E-state index contributed by atoms with van der Waals surface area (Å²) in [6, 6.07) is 4.72. The van der Waals surface area contributed by atoms with Crippen molar-refractivity contribution in [2.45, 2.75) is 30.6 Å². The standard InChI is InChI=1S/C19H18Cl2N2O5/c1-26-17(24)10-2-3-14(8-10)22-18(25)19-4-5-27-16(19)15(23-28-19)11-6-12(20)9-13(21)7-11/h2-3,6-7,9-10,14,16H,4-5,8H2,1H3,(H,22,25)/t10-,14+,16?,19?/m1/s1. The number of nitrogens with zero attached hydrogens (tertiary/aromatic N) is 1. The van der Waals surface area contributed by atoms with Gasteiger partial charge in [0.2, 0.25) is 5.60 Å². The molecule has 2 unspecified atom stereocenters.